The van der Waals surface area contributed by atoms with Crippen molar-refractivity contribution in [2.45, 2.75) is 13.0 Å². The molecule has 0 aliphatic rings. The molecule has 1 aromatic heterocycles. The summed E-state index contributed by atoms with van der Waals surface area (Å²) in [5.41, 5.74) is 0.444. The van der Waals surface area contributed by atoms with Crippen molar-refractivity contribution in [1.82, 2.24) is 0 Å². The summed E-state index contributed by atoms with van der Waals surface area (Å²) in [6.07, 6.45) is -1.13. The first-order chi connectivity index (χ1) is 10.9. The van der Waals surface area contributed by atoms with Crippen LogP contribution in [0.5, 0.6) is 0 Å². The lowest BCUT2D eigenvalue weighted by molar-refractivity contribution is -0.402. The van der Waals surface area contributed by atoms with Crippen molar-refractivity contribution in [2.75, 3.05) is 5.32 Å². The molecule has 1 heterocycles. The smallest absolute Gasteiger partial charge is 0.433 e. The molecule has 1 N–H and O–H groups in total. The van der Waals surface area contributed by atoms with Gasteiger partial charge in [-0.2, -0.15) is 0 Å². The Labute approximate surface area is 135 Å². The molecule has 1 aromatic carbocycles. The average molecular weight is 339 g/mol. The maximum atomic E-state index is 11.9. The van der Waals surface area contributed by atoms with Crippen LogP contribution in [0.4, 0.5) is 11.6 Å². The van der Waals surface area contributed by atoms with E-state index in [9.17, 15) is 19.7 Å². The summed E-state index contributed by atoms with van der Waals surface area (Å²) in [5, 5.41) is 13.4. The second-order valence-electron chi connectivity index (χ2n) is 4.44. The van der Waals surface area contributed by atoms with E-state index in [2.05, 4.69) is 5.32 Å². The van der Waals surface area contributed by atoms with E-state index < -0.39 is 28.8 Å². The number of halogens is 1. The molecule has 0 spiro atoms. The lowest BCUT2D eigenvalue weighted by atomic mass is 10.3. The SMILES string of the molecule is C[C@@H](OC(=O)c1ccc([N+](=O)[O-])o1)C(=O)Nc1cccc(Cl)c1. The minimum absolute atomic E-state index is 0.362. The van der Waals surface area contributed by atoms with Crippen LogP contribution in [0.3, 0.4) is 0 Å². The van der Waals surface area contributed by atoms with Crippen molar-refractivity contribution in [3.05, 3.63) is 57.3 Å². The number of anilines is 1. The number of amides is 1. The standard InChI is InChI=1S/C14H11ClN2O6/c1-8(13(18)16-10-4-2-3-9(15)7-10)22-14(19)11-5-6-12(23-11)17(20)21/h2-8H,1H3,(H,16,18)/t8-/m1/s1. The van der Waals surface area contributed by atoms with E-state index in [1.807, 2.05) is 0 Å². The maximum Gasteiger partial charge on any atom is 0.433 e. The van der Waals surface area contributed by atoms with Crippen LogP contribution in [0.15, 0.2) is 40.8 Å². The zero-order chi connectivity index (χ0) is 17.0. The van der Waals surface area contributed by atoms with Crippen LogP contribution >= 0.6 is 11.6 Å². The first-order valence-corrected chi connectivity index (χ1v) is 6.76. The summed E-state index contributed by atoms with van der Waals surface area (Å²) in [5.74, 6) is -2.51. The monoisotopic (exact) mass is 338 g/mol. The van der Waals surface area contributed by atoms with Crippen LogP contribution in [0, 0.1) is 10.1 Å². The third-order valence-electron chi connectivity index (χ3n) is 2.72. The number of rotatable bonds is 5. The van der Waals surface area contributed by atoms with Gasteiger partial charge in [0.1, 0.15) is 4.92 Å². The predicted octanol–water partition coefficient (Wildman–Crippen LogP) is 3.03. The summed E-state index contributed by atoms with van der Waals surface area (Å²) in [7, 11) is 0. The highest BCUT2D eigenvalue weighted by Crippen LogP contribution is 2.18. The molecule has 120 valence electrons. The number of nitrogens with zero attached hydrogens (tertiary/aromatic N) is 1. The molecule has 0 aliphatic heterocycles. The fourth-order valence-corrected chi connectivity index (χ4v) is 1.81. The number of nitro groups is 1. The van der Waals surface area contributed by atoms with Crippen LogP contribution in [0.1, 0.15) is 17.5 Å². The lowest BCUT2D eigenvalue weighted by Crippen LogP contribution is -2.29. The Morgan fingerprint density at radius 3 is 2.70 bits per heavy atom. The molecule has 0 saturated carbocycles. The van der Waals surface area contributed by atoms with E-state index in [-0.39, 0.29) is 5.76 Å². The Kier molecular flexibility index (Phi) is 4.97. The molecule has 1 amide bonds. The fraction of sp³-hybridized carbons (Fsp3) is 0.143. The summed E-state index contributed by atoms with van der Waals surface area (Å²) in [6.45, 7) is 1.36. The van der Waals surface area contributed by atoms with E-state index in [0.29, 0.717) is 10.7 Å². The molecule has 0 aliphatic carbocycles. The van der Waals surface area contributed by atoms with Gasteiger partial charge in [0.25, 0.3) is 5.91 Å². The Morgan fingerprint density at radius 2 is 2.09 bits per heavy atom. The quantitative estimate of drug-likeness (QED) is 0.509. The molecule has 2 rings (SSSR count). The second kappa shape index (κ2) is 6.93. The molecule has 0 fully saturated rings. The number of ether oxygens (including phenoxy) is 1. The minimum Gasteiger partial charge on any atom is -0.447 e. The third kappa shape index (κ3) is 4.30. The van der Waals surface area contributed by atoms with E-state index in [1.165, 1.54) is 13.0 Å². The molecule has 9 heteroatoms. The normalized spacial score (nSPS) is 11.6. The number of hydrogen-bond acceptors (Lipinski definition) is 6. The van der Waals surface area contributed by atoms with E-state index in [0.717, 1.165) is 12.1 Å². The van der Waals surface area contributed by atoms with Gasteiger partial charge in [-0.05, 0) is 31.2 Å². The molecular weight excluding hydrogens is 328 g/mol. The van der Waals surface area contributed by atoms with Gasteiger partial charge >= 0.3 is 11.9 Å². The van der Waals surface area contributed by atoms with Gasteiger partial charge in [-0.15, -0.1) is 0 Å². The Balaban J connectivity index is 1.97. The number of benzene rings is 1. The van der Waals surface area contributed by atoms with Crippen molar-refractivity contribution in [2.24, 2.45) is 0 Å². The minimum atomic E-state index is -1.13. The Hall–Kier alpha value is -2.87. The van der Waals surface area contributed by atoms with E-state index >= 15 is 0 Å². The second-order valence-corrected chi connectivity index (χ2v) is 4.88. The van der Waals surface area contributed by atoms with Gasteiger partial charge in [-0.25, -0.2) is 4.79 Å². The Morgan fingerprint density at radius 1 is 1.35 bits per heavy atom. The van der Waals surface area contributed by atoms with Crippen molar-refractivity contribution >= 4 is 35.0 Å². The van der Waals surface area contributed by atoms with Crippen molar-refractivity contribution in [3.8, 4) is 0 Å². The summed E-state index contributed by atoms with van der Waals surface area (Å²) in [4.78, 5) is 33.4. The molecule has 0 saturated heterocycles. The highest BCUT2D eigenvalue weighted by atomic mass is 35.5. The zero-order valence-corrected chi connectivity index (χ0v) is 12.6. The molecule has 8 nitrogen and oxygen atoms in total. The van der Waals surface area contributed by atoms with Gasteiger partial charge < -0.3 is 14.5 Å². The van der Waals surface area contributed by atoms with Crippen molar-refractivity contribution in [3.63, 3.8) is 0 Å². The van der Waals surface area contributed by atoms with Gasteiger partial charge in [0, 0.05) is 10.7 Å². The van der Waals surface area contributed by atoms with E-state index in [1.54, 1.807) is 18.2 Å². The van der Waals surface area contributed by atoms with Gasteiger partial charge in [0.05, 0.1) is 6.07 Å². The summed E-state index contributed by atoms with van der Waals surface area (Å²) < 4.78 is 9.59. The van der Waals surface area contributed by atoms with Crippen LogP contribution in [0.2, 0.25) is 5.02 Å². The molecule has 23 heavy (non-hydrogen) atoms. The lowest BCUT2D eigenvalue weighted by Gasteiger charge is -2.12. The fourth-order valence-electron chi connectivity index (χ4n) is 1.62. The van der Waals surface area contributed by atoms with E-state index in [4.69, 9.17) is 20.8 Å². The summed E-state index contributed by atoms with van der Waals surface area (Å²) in [6, 6.07) is 8.56. The Bertz CT molecular complexity index is 757. The molecule has 0 radical (unpaired) electrons. The highest BCUT2D eigenvalue weighted by Gasteiger charge is 2.23. The molecule has 0 unspecified atom stereocenters. The van der Waals surface area contributed by atoms with Gasteiger partial charge in [-0.1, -0.05) is 17.7 Å². The molecule has 0 bridgehead atoms. The molecule has 2 aromatic rings. The first-order valence-electron chi connectivity index (χ1n) is 6.38. The van der Waals surface area contributed by atoms with Gasteiger partial charge in [0.2, 0.25) is 5.76 Å². The van der Waals surface area contributed by atoms with Crippen LogP contribution in [0.25, 0.3) is 0 Å². The maximum absolute atomic E-state index is 11.9. The predicted molar refractivity (Wildman–Crippen MR) is 80.3 cm³/mol. The topological polar surface area (TPSA) is 112 Å². The summed E-state index contributed by atoms with van der Waals surface area (Å²) >= 11 is 5.80. The largest absolute Gasteiger partial charge is 0.447 e. The van der Waals surface area contributed by atoms with Crippen LogP contribution in [-0.4, -0.2) is 22.9 Å². The number of carbonyl (C=O) groups is 2. The van der Waals surface area contributed by atoms with Crippen molar-refractivity contribution in [1.29, 1.82) is 0 Å². The highest BCUT2D eigenvalue weighted by molar-refractivity contribution is 6.30. The third-order valence-corrected chi connectivity index (χ3v) is 2.95. The number of carbonyl (C=O) groups excluding carboxylic acids is 2. The van der Waals surface area contributed by atoms with Crippen LogP contribution < -0.4 is 5.32 Å². The number of esters is 1. The number of nitrogens with one attached hydrogen (secondary N) is 1. The molecular formula is C14H11ClN2O6. The average Bonchev–Trinajstić information content (AvgIpc) is 2.97. The van der Waals surface area contributed by atoms with Crippen molar-refractivity contribution < 1.29 is 23.7 Å². The molecule has 1 atom stereocenters. The first kappa shape index (κ1) is 16.5. The zero-order valence-electron chi connectivity index (χ0n) is 11.8. The van der Waals surface area contributed by atoms with Gasteiger partial charge in [-0.3, -0.25) is 14.9 Å². The number of hydrogen-bond donors (Lipinski definition) is 1. The number of furan rings is 1. The van der Waals surface area contributed by atoms with Crippen LogP contribution in [-0.2, 0) is 9.53 Å². The van der Waals surface area contributed by atoms with Gasteiger partial charge in [0.15, 0.2) is 6.10 Å².